The molecule has 0 spiro atoms. The zero-order valence-corrected chi connectivity index (χ0v) is 24.1. The van der Waals surface area contributed by atoms with Crippen LogP contribution in [0.25, 0.3) is 0 Å². The third-order valence-corrected chi connectivity index (χ3v) is 8.76. The molecular formula is C24H49BN6O12. The fraction of sp³-hybridized carbons (Fsp3) is 1.00. The van der Waals surface area contributed by atoms with E-state index in [-0.39, 0.29) is 19.5 Å². The summed E-state index contributed by atoms with van der Waals surface area (Å²) >= 11 is 0. The molecule has 1 saturated carbocycles. The van der Waals surface area contributed by atoms with Crippen LogP contribution in [0.2, 0.25) is 13.1 Å². The summed E-state index contributed by atoms with van der Waals surface area (Å²) in [6.45, 7) is 1.65. The zero-order chi connectivity index (χ0) is 31.7. The van der Waals surface area contributed by atoms with Crippen LogP contribution in [0.15, 0.2) is 0 Å². The van der Waals surface area contributed by atoms with Gasteiger partial charge in [-0.05, 0) is 12.7 Å². The van der Waals surface area contributed by atoms with Crippen LogP contribution in [0.1, 0.15) is 6.42 Å². The second-order valence-electron chi connectivity index (χ2n) is 11.9. The van der Waals surface area contributed by atoms with Crippen molar-refractivity contribution >= 4 is 7.28 Å². The molecule has 1 aliphatic carbocycles. The van der Waals surface area contributed by atoms with Gasteiger partial charge in [-0.15, -0.1) is 0 Å². The summed E-state index contributed by atoms with van der Waals surface area (Å²) in [5, 5.41) is 63.6. The average molecular weight is 624 g/mol. The molecule has 3 heterocycles. The summed E-state index contributed by atoms with van der Waals surface area (Å²) < 4.78 is 35.6. The molecule has 4 rings (SSSR count). The molecule has 0 aromatic carbocycles. The first kappa shape index (κ1) is 35.2. The second-order valence-corrected chi connectivity index (χ2v) is 11.9. The first-order chi connectivity index (χ1) is 20.3. The number of ether oxygens (including phenoxy) is 6. The van der Waals surface area contributed by atoms with Crippen LogP contribution in [-0.2, 0) is 28.4 Å². The van der Waals surface area contributed by atoms with Crippen molar-refractivity contribution in [2.75, 3.05) is 13.1 Å². The standard InChI is InChI=1S/C24H49BN6O12/c1-25-3-8-20(42-23-12(31)17(36)15(34)10(5-27)40-23)18(37)24(38-8)43-21-13(32)6(28)2-7(29)19(21)41-22-11(30)16(35)14(33)9(4-26)39-22/h6-25,32-37H,2-5,26-31H2,1H3/t6?,7?,8-,9?,10+,11+,12?,13-,14-,15?,16-,17?,18+,19-,20+,21-,22?,23?,24?/m1/s1. The minimum absolute atomic E-state index is 0.115. The van der Waals surface area contributed by atoms with Crippen LogP contribution in [-0.4, -0.2) is 167 Å². The fourth-order valence-corrected chi connectivity index (χ4v) is 6.11. The van der Waals surface area contributed by atoms with Gasteiger partial charge in [-0.3, -0.25) is 0 Å². The summed E-state index contributed by atoms with van der Waals surface area (Å²) in [5.41, 5.74) is 36.0. The van der Waals surface area contributed by atoms with Gasteiger partial charge in [-0.2, -0.15) is 0 Å². The molecule has 0 bridgehead atoms. The van der Waals surface area contributed by atoms with Crippen molar-refractivity contribution in [2.45, 2.75) is 136 Å². The van der Waals surface area contributed by atoms with Gasteiger partial charge >= 0.3 is 0 Å². The number of hydrogen-bond acceptors (Lipinski definition) is 18. The van der Waals surface area contributed by atoms with E-state index in [9.17, 15) is 30.6 Å². The van der Waals surface area contributed by atoms with Gasteiger partial charge in [0.1, 0.15) is 68.3 Å². The molecule has 18 N–H and O–H groups in total. The molecule has 43 heavy (non-hydrogen) atoms. The molecule has 19 heteroatoms. The van der Waals surface area contributed by atoms with Crippen LogP contribution in [0.4, 0.5) is 0 Å². The Bertz CT molecular complexity index is 889. The van der Waals surface area contributed by atoms with Crippen LogP contribution in [0.3, 0.4) is 0 Å². The summed E-state index contributed by atoms with van der Waals surface area (Å²) in [6, 6.07) is -3.97. The molecule has 0 aromatic rings. The Morgan fingerprint density at radius 1 is 0.581 bits per heavy atom. The first-order valence-electron chi connectivity index (χ1n) is 14.8. The van der Waals surface area contributed by atoms with Crippen molar-refractivity contribution in [3.05, 3.63) is 0 Å². The molecule has 3 aliphatic heterocycles. The Morgan fingerprint density at radius 2 is 1.05 bits per heavy atom. The van der Waals surface area contributed by atoms with Crippen molar-refractivity contribution in [3.63, 3.8) is 0 Å². The van der Waals surface area contributed by atoms with E-state index >= 15 is 0 Å². The minimum atomic E-state index is -1.44. The van der Waals surface area contributed by atoms with E-state index in [2.05, 4.69) is 0 Å². The molecule has 19 atom stereocenters. The van der Waals surface area contributed by atoms with E-state index in [0.717, 1.165) is 0 Å². The Hall–Kier alpha value is -0.655. The fourth-order valence-electron chi connectivity index (χ4n) is 6.11. The third-order valence-electron chi connectivity index (χ3n) is 8.76. The zero-order valence-electron chi connectivity index (χ0n) is 24.1. The summed E-state index contributed by atoms with van der Waals surface area (Å²) in [6.07, 6.45) is -17.7. The van der Waals surface area contributed by atoms with Gasteiger partial charge in [-0.1, -0.05) is 6.82 Å². The third kappa shape index (κ3) is 7.19. The summed E-state index contributed by atoms with van der Waals surface area (Å²) in [4.78, 5) is 0. The number of hydrogen-bond donors (Lipinski definition) is 12. The lowest BCUT2D eigenvalue weighted by Crippen LogP contribution is -2.68. The van der Waals surface area contributed by atoms with E-state index in [1.165, 1.54) is 0 Å². The highest BCUT2D eigenvalue weighted by atomic mass is 16.8. The van der Waals surface area contributed by atoms with Crippen LogP contribution < -0.4 is 34.4 Å². The lowest BCUT2D eigenvalue weighted by molar-refractivity contribution is -0.306. The molecule has 0 amide bonds. The van der Waals surface area contributed by atoms with Gasteiger partial charge in [0.05, 0.1) is 24.3 Å². The predicted octanol–water partition coefficient (Wildman–Crippen LogP) is -7.98. The smallest absolute Gasteiger partial charge is 0.187 e. The highest BCUT2D eigenvalue weighted by molar-refractivity contribution is 6.33. The largest absolute Gasteiger partial charge is 0.389 e. The molecule has 250 valence electrons. The Labute approximate surface area is 250 Å². The maximum Gasteiger partial charge on any atom is 0.187 e. The van der Waals surface area contributed by atoms with E-state index in [1.807, 2.05) is 6.82 Å². The number of rotatable bonds is 10. The van der Waals surface area contributed by atoms with Crippen LogP contribution in [0, 0.1) is 0 Å². The molecule has 0 radical (unpaired) electrons. The topological polar surface area (TPSA) is 333 Å². The van der Waals surface area contributed by atoms with Crippen molar-refractivity contribution in [1.29, 1.82) is 0 Å². The Balaban J connectivity index is 1.51. The van der Waals surface area contributed by atoms with Gasteiger partial charge in [0.15, 0.2) is 18.9 Å². The average Bonchev–Trinajstić information content (AvgIpc) is 3.26. The van der Waals surface area contributed by atoms with Crippen molar-refractivity contribution in [3.8, 4) is 0 Å². The number of nitrogens with two attached hydrogens (primary N) is 6. The Kier molecular flexibility index (Phi) is 12.1. The van der Waals surface area contributed by atoms with Crippen LogP contribution >= 0.6 is 0 Å². The summed E-state index contributed by atoms with van der Waals surface area (Å²) in [5.74, 6) is 0. The maximum absolute atomic E-state index is 11.3. The summed E-state index contributed by atoms with van der Waals surface area (Å²) in [7, 11) is 0.634. The Morgan fingerprint density at radius 3 is 1.53 bits per heavy atom. The van der Waals surface area contributed by atoms with Gasteiger partial charge in [-0.25, -0.2) is 0 Å². The van der Waals surface area contributed by atoms with E-state index in [1.54, 1.807) is 0 Å². The van der Waals surface area contributed by atoms with E-state index < -0.39 is 116 Å². The van der Waals surface area contributed by atoms with Gasteiger partial charge in [0.2, 0.25) is 0 Å². The molecular weight excluding hydrogens is 575 g/mol. The highest BCUT2D eigenvalue weighted by Gasteiger charge is 2.54. The monoisotopic (exact) mass is 624 g/mol. The normalized spacial score (nSPS) is 52.7. The van der Waals surface area contributed by atoms with Crippen molar-refractivity contribution in [1.82, 2.24) is 0 Å². The van der Waals surface area contributed by atoms with Crippen molar-refractivity contribution in [2.24, 2.45) is 34.4 Å². The predicted molar refractivity (Wildman–Crippen MR) is 149 cm³/mol. The minimum Gasteiger partial charge on any atom is -0.389 e. The SMILES string of the molecule is CBC[C@H]1OC(O[C@@H]2[C@H](O)C(N)CC(N)[C@H]2OC2OC(CN)[C@@H](O)[C@H](O)[C@@H]2N)[C@@H](O)[C@H]1OC1O[C@@H](CN)C(O)C(O)C1N. The highest BCUT2D eigenvalue weighted by Crippen LogP contribution is 2.35. The maximum atomic E-state index is 11.3. The first-order valence-corrected chi connectivity index (χ1v) is 14.8. The van der Waals surface area contributed by atoms with E-state index in [4.69, 9.17) is 62.8 Å². The molecule has 18 nitrogen and oxygen atoms in total. The van der Waals surface area contributed by atoms with Gasteiger partial charge in [0.25, 0.3) is 0 Å². The van der Waals surface area contributed by atoms with Crippen LogP contribution in [0.5, 0.6) is 0 Å². The second kappa shape index (κ2) is 14.8. The van der Waals surface area contributed by atoms with Gasteiger partial charge < -0.3 is 93.5 Å². The van der Waals surface area contributed by atoms with Crippen molar-refractivity contribution < 1.29 is 59.1 Å². The van der Waals surface area contributed by atoms with E-state index in [0.29, 0.717) is 13.6 Å². The van der Waals surface area contributed by atoms with Gasteiger partial charge in [0, 0.05) is 25.2 Å². The lowest BCUT2D eigenvalue weighted by Gasteiger charge is -2.47. The molecule has 4 fully saturated rings. The molecule has 0 aromatic heterocycles. The lowest BCUT2D eigenvalue weighted by atomic mass is 9.74. The number of aliphatic hydroxyl groups excluding tert-OH is 6. The molecule has 4 aliphatic rings. The quantitative estimate of drug-likeness (QED) is 0.100. The molecule has 3 saturated heterocycles. The molecule has 9 unspecified atom stereocenters. The number of aliphatic hydroxyl groups is 6.